The molecule has 0 saturated carbocycles. The number of nitrogens with one attached hydrogen (secondary N) is 1. The Labute approximate surface area is 142 Å². The predicted octanol–water partition coefficient (Wildman–Crippen LogP) is 1.90. The Morgan fingerprint density at radius 3 is 2.25 bits per heavy atom. The van der Waals surface area contributed by atoms with Crippen molar-refractivity contribution in [1.82, 2.24) is 5.32 Å². The zero-order valence-electron chi connectivity index (χ0n) is 11.4. The Morgan fingerprint density at radius 2 is 1.75 bits per heavy atom. The minimum absolute atomic E-state index is 0. The summed E-state index contributed by atoms with van der Waals surface area (Å²) < 4.78 is 0. The molecule has 2 N–H and O–H groups in total. The summed E-state index contributed by atoms with van der Waals surface area (Å²) in [5, 5.41) is 11.8. The van der Waals surface area contributed by atoms with Crippen LogP contribution in [0.5, 0.6) is 0 Å². The van der Waals surface area contributed by atoms with Gasteiger partial charge in [-0.1, -0.05) is 38.5 Å². The van der Waals surface area contributed by atoms with Crippen molar-refractivity contribution in [2.75, 3.05) is 6.54 Å². The van der Waals surface area contributed by atoms with Crippen LogP contribution >= 0.6 is 0 Å². The number of rotatable bonds is 7. The molecule has 0 spiro atoms. The fourth-order valence-corrected chi connectivity index (χ4v) is 1.75. The molecule has 0 aromatic heterocycles. The molecule has 0 radical (unpaired) electrons. The predicted molar refractivity (Wildman–Crippen MR) is 81.1 cm³/mol. The van der Waals surface area contributed by atoms with E-state index in [4.69, 9.17) is 5.11 Å². The average molecular weight is 287 g/mol. The van der Waals surface area contributed by atoms with Crippen molar-refractivity contribution in [3.63, 3.8) is 0 Å². The van der Waals surface area contributed by atoms with Gasteiger partial charge in [0.1, 0.15) is 0 Å². The summed E-state index contributed by atoms with van der Waals surface area (Å²) in [6, 6.07) is 8.81. The number of carboxylic acid groups (broad SMARTS) is 1. The monoisotopic (exact) mass is 287 g/mol. The maximum absolute atomic E-state index is 11.8. The number of hydrogen-bond donors (Lipinski definition) is 2. The fraction of sp³-hybridized carbons (Fsp3) is 0.467. The van der Waals surface area contributed by atoms with E-state index in [0.29, 0.717) is 17.9 Å². The number of aliphatic carboxylic acids is 1. The quantitative estimate of drug-likeness (QED) is 0.753. The number of amides is 1. The van der Waals surface area contributed by atoms with Crippen LogP contribution in [0, 0.1) is 11.8 Å². The molecule has 1 aromatic carbocycles. The molecule has 0 aliphatic carbocycles. The van der Waals surface area contributed by atoms with Crippen LogP contribution < -0.4 is 5.32 Å². The summed E-state index contributed by atoms with van der Waals surface area (Å²) in [5.41, 5.74) is 0.551. The van der Waals surface area contributed by atoms with E-state index in [1.165, 1.54) is 0 Å². The van der Waals surface area contributed by atoms with E-state index in [1.807, 2.05) is 6.07 Å². The maximum atomic E-state index is 11.8. The van der Waals surface area contributed by atoms with Crippen LogP contribution in [-0.4, -0.2) is 53.1 Å². The second-order valence-electron chi connectivity index (χ2n) is 5.08. The molecule has 1 rings (SSSR count). The standard InChI is InChI=1S/C15H21NO3.Na.H/c1-11(2)8-9-13(15(18)19)10-16-14(17)12-6-4-3-5-7-12;;/h3-7,11,13H,8-10H2,1-2H3,(H,16,17)(H,18,19);;. The van der Waals surface area contributed by atoms with Crippen molar-refractivity contribution in [3.8, 4) is 0 Å². The van der Waals surface area contributed by atoms with E-state index in [-0.39, 0.29) is 42.0 Å². The Balaban J connectivity index is 0.00000361. The molecule has 5 heteroatoms. The number of benzene rings is 1. The SMILES string of the molecule is CC(C)CCC(CNC(=O)c1ccccc1)C(=O)O.[NaH]. The van der Waals surface area contributed by atoms with Gasteiger partial charge < -0.3 is 10.4 Å². The van der Waals surface area contributed by atoms with Gasteiger partial charge in [-0.15, -0.1) is 0 Å². The molecular formula is C15H22NNaO3. The van der Waals surface area contributed by atoms with E-state index in [0.717, 1.165) is 6.42 Å². The fourth-order valence-electron chi connectivity index (χ4n) is 1.75. The van der Waals surface area contributed by atoms with Gasteiger partial charge in [-0.05, 0) is 24.5 Å². The van der Waals surface area contributed by atoms with E-state index in [2.05, 4.69) is 19.2 Å². The molecule has 106 valence electrons. The van der Waals surface area contributed by atoms with Crippen LogP contribution in [0.4, 0.5) is 0 Å². The van der Waals surface area contributed by atoms with Crippen molar-refractivity contribution in [3.05, 3.63) is 35.9 Å². The number of carbonyl (C=O) groups excluding carboxylic acids is 1. The topological polar surface area (TPSA) is 66.4 Å². The van der Waals surface area contributed by atoms with Crippen LogP contribution in [0.1, 0.15) is 37.0 Å². The summed E-state index contributed by atoms with van der Waals surface area (Å²) in [5.74, 6) is -1.13. The number of hydrogen-bond acceptors (Lipinski definition) is 2. The molecule has 0 aliphatic rings. The van der Waals surface area contributed by atoms with Gasteiger partial charge in [-0.25, -0.2) is 0 Å². The van der Waals surface area contributed by atoms with Crippen molar-refractivity contribution < 1.29 is 14.7 Å². The Kier molecular flexibility index (Phi) is 9.55. The summed E-state index contributed by atoms with van der Waals surface area (Å²) in [6.45, 7) is 4.29. The summed E-state index contributed by atoms with van der Waals surface area (Å²) >= 11 is 0. The van der Waals surface area contributed by atoms with Gasteiger partial charge in [0, 0.05) is 12.1 Å². The van der Waals surface area contributed by atoms with Crippen molar-refractivity contribution in [2.45, 2.75) is 26.7 Å². The number of carbonyl (C=O) groups is 2. The van der Waals surface area contributed by atoms with Gasteiger partial charge in [0.2, 0.25) is 0 Å². The zero-order valence-corrected chi connectivity index (χ0v) is 11.4. The third kappa shape index (κ3) is 7.08. The van der Waals surface area contributed by atoms with Crippen LogP contribution in [0.3, 0.4) is 0 Å². The van der Waals surface area contributed by atoms with Gasteiger partial charge >= 0.3 is 35.5 Å². The van der Waals surface area contributed by atoms with Gasteiger partial charge in [0.15, 0.2) is 0 Å². The summed E-state index contributed by atoms with van der Waals surface area (Å²) in [6.07, 6.45) is 1.43. The second kappa shape index (κ2) is 9.97. The molecule has 0 heterocycles. The Morgan fingerprint density at radius 1 is 1.15 bits per heavy atom. The van der Waals surface area contributed by atoms with Crippen LogP contribution in [0.15, 0.2) is 30.3 Å². The van der Waals surface area contributed by atoms with Crippen molar-refractivity contribution >= 4 is 41.4 Å². The summed E-state index contributed by atoms with van der Waals surface area (Å²) in [4.78, 5) is 22.9. The molecule has 4 nitrogen and oxygen atoms in total. The zero-order chi connectivity index (χ0) is 14.3. The third-order valence-corrected chi connectivity index (χ3v) is 2.99. The van der Waals surface area contributed by atoms with Gasteiger partial charge in [-0.2, -0.15) is 0 Å². The first-order valence-electron chi connectivity index (χ1n) is 6.56. The van der Waals surface area contributed by atoms with E-state index in [9.17, 15) is 9.59 Å². The molecule has 0 saturated heterocycles. The Hall–Kier alpha value is -0.840. The molecule has 0 bridgehead atoms. The first kappa shape index (κ1) is 19.2. The molecular weight excluding hydrogens is 265 g/mol. The van der Waals surface area contributed by atoms with E-state index in [1.54, 1.807) is 24.3 Å². The first-order chi connectivity index (χ1) is 9.00. The molecule has 1 atom stereocenters. The van der Waals surface area contributed by atoms with Gasteiger partial charge in [-0.3, -0.25) is 9.59 Å². The normalized spacial score (nSPS) is 11.6. The van der Waals surface area contributed by atoms with Gasteiger partial charge in [0.25, 0.3) is 5.91 Å². The minimum atomic E-state index is -0.853. The van der Waals surface area contributed by atoms with Crippen LogP contribution in [-0.2, 0) is 4.79 Å². The summed E-state index contributed by atoms with van der Waals surface area (Å²) in [7, 11) is 0. The Bertz CT molecular complexity index is 420. The average Bonchev–Trinajstić information content (AvgIpc) is 2.38. The van der Waals surface area contributed by atoms with E-state index < -0.39 is 11.9 Å². The van der Waals surface area contributed by atoms with Crippen molar-refractivity contribution in [1.29, 1.82) is 0 Å². The van der Waals surface area contributed by atoms with Crippen LogP contribution in [0.2, 0.25) is 0 Å². The van der Waals surface area contributed by atoms with Crippen LogP contribution in [0.25, 0.3) is 0 Å². The van der Waals surface area contributed by atoms with E-state index >= 15 is 0 Å². The van der Waals surface area contributed by atoms with Gasteiger partial charge in [0.05, 0.1) is 5.92 Å². The second-order valence-corrected chi connectivity index (χ2v) is 5.08. The molecule has 1 amide bonds. The number of carboxylic acids is 1. The molecule has 0 fully saturated rings. The molecule has 1 unspecified atom stereocenters. The third-order valence-electron chi connectivity index (χ3n) is 2.99. The molecule has 1 aromatic rings. The first-order valence-corrected chi connectivity index (χ1v) is 6.56. The molecule has 0 aliphatic heterocycles. The van der Waals surface area contributed by atoms with Crippen molar-refractivity contribution in [2.24, 2.45) is 11.8 Å². The molecule has 20 heavy (non-hydrogen) atoms.